The van der Waals surface area contributed by atoms with Gasteiger partial charge in [-0.25, -0.2) is 12.8 Å². The number of benzene rings is 1. The number of carbonyl (C=O) groups excluding carboxylic acids is 1. The number of aliphatic hydroxyl groups is 4. The van der Waals surface area contributed by atoms with Crippen molar-refractivity contribution in [3.63, 3.8) is 0 Å². The quantitative estimate of drug-likeness (QED) is 0.0375. The van der Waals surface area contributed by atoms with Crippen LogP contribution in [-0.2, 0) is 47.8 Å². The number of hydrogen-bond acceptors (Lipinski definition) is 19. The van der Waals surface area contributed by atoms with Crippen molar-refractivity contribution >= 4 is 38.7 Å². The van der Waals surface area contributed by atoms with E-state index >= 15 is 0 Å². The van der Waals surface area contributed by atoms with Gasteiger partial charge in [-0.2, -0.15) is 16.8 Å². The Bertz CT molecular complexity index is 2140. The van der Waals surface area contributed by atoms with Crippen LogP contribution in [0.5, 0.6) is 0 Å². The van der Waals surface area contributed by atoms with Crippen LogP contribution in [0.1, 0.15) is 106 Å². The van der Waals surface area contributed by atoms with Crippen LogP contribution < -0.4 is 9.37 Å². The SMILES string of the molecule is CO[C@H](c1ccc(S(=O)(=O)CC(F)(F)F)cc1)[C@@H](CF)N(/C=C(\N)CCN(C)[C@@H]1C[C@H](O[C@@H]2[C@@H](C)[C@H](O[C@H]3C[C@@](C)(OC)[C@@H](O)[C@H](C)O3)[C@@H](C)C(=O)OC[C@@](C)(O)[C@H](O)[C@@H](C)N(C)C[C@H](C)C[C@@]2(C)O)O[C@H](C)C1)NI. The lowest BCUT2D eigenvalue weighted by Gasteiger charge is -2.48. The molecule has 0 aliphatic carbocycles. The van der Waals surface area contributed by atoms with Crippen molar-refractivity contribution < 1.29 is 84.4 Å². The molecule has 0 aromatic heterocycles. The average Bonchev–Trinajstić information content (AvgIpc) is 3.33. The summed E-state index contributed by atoms with van der Waals surface area (Å²) in [5.74, 6) is -4.79. The van der Waals surface area contributed by atoms with Gasteiger partial charge in [0.1, 0.15) is 43.2 Å². The van der Waals surface area contributed by atoms with E-state index < -0.39 is 136 Å². The fourth-order valence-corrected chi connectivity index (χ4v) is 12.6. The van der Waals surface area contributed by atoms with Crippen LogP contribution >= 0.6 is 22.9 Å². The molecule has 3 heterocycles. The summed E-state index contributed by atoms with van der Waals surface area (Å²) in [5.41, 5.74) is 2.74. The van der Waals surface area contributed by atoms with Crippen molar-refractivity contribution in [2.24, 2.45) is 23.5 Å². The second-order valence-electron chi connectivity index (χ2n) is 22.2. The Balaban J connectivity index is 1.61. The van der Waals surface area contributed by atoms with Crippen molar-refractivity contribution in [3.05, 3.63) is 41.7 Å². The third-order valence-electron chi connectivity index (χ3n) is 15.5. The van der Waals surface area contributed by atoms with Gasteiger partial charge in [0.25, 0.3) is 0 Å². The van der Waals surface area contributed by atoms with E-state index in [4.69, 9.17) is 38.9 Å². The van der Waals surface area contributed by atoms with Crippen molar-refractivity contribution in [2.75, 3.05) is 60.4 Å². The van der Waals surface area contributed by atoms with Crippen LogP contribution in [0.3, 0.4) is 0 Å². The van der Waals surface area contributed by atoms with Gasteiger partial charge < -0.3 is 69.1 Å². The summed E-state index contributed by atoms with van der Waals surface area (Å²) < 4.78 is 125. The van der Waals surface area contributed by atoms with Gasteiger partial charge in [0.2, 0.25) is 0 Å². The smallest absolute Gasteiger partial charge is 0.403 e. The van der Waals surface area contributed by atoms with Gasteiger partial charge in [-0.1, -0.05) is 26.0 Å². The van der Waals surface area contributed by atoms with Crippen LogP contribution in [0.25, 0.3) is 0 Å². The van der Waals surface area contributed by atoms with Gasteiger partial charge >= 0.3 is 12.1 Å². The Hall–Kier alpha value is -2.09. The van der Waals surface area contributed by atoms with Crippen molar-refractivity contribution in [1.82, 2.24) is 18.4 Å². The monoisotopic (exact) mass is 1230 g/mol. The summed E-state index contributed by atoms with van der Waals surface area (Å²) in [5, 5.41) is 48.0. The first kappa shape index (κ1) is 66.4. The minimum atomic E-state index is -4.93. The predicted molar refractivity (Wildman–Crippen MR) is 282 cm³/mol. The van der Waals surface area contributed by atoms with E-state index in [2.05, 4.69) is 8.54 Å². The van der Waals surface area contributed by atoms with Crippen LogP contribution in [0.2, 0.25) is 0 Å². The lowest BCUT2D eigenvalue weighted by Crippen LogP contribution is -2.59. The number of halogens is 5. The molecule has 1 aromatic carbocycles. The molecule has 25 heteroatoms. The van der Waals surface area contributed by atoms with Crippen molar-refractivity contribution in [1.29, 1.82) is 0 Å². The van der Waals surface area contributed by atoms with Gasteiger partial charge in [-0.15, -0.1) is 0 Å². The lowest BCUT2D eigenvalue weighted by molar-refractivity contribution is -0.308. The average molecular weight is 1230 g/mol. The summed E-state index contributed by atoms with van der Waals surface area (Å²) in [6, 6.07) is 2.86. The summed E-state index contributed by atoms with van der Waals surface area (Å²) in [7, 11) is 1.87. The molecule has 3 fully saturated rings. The number of nitrogens with two attached hydrogens (primary N) is 1. The van der Waals surface area contributed by atoms with Gasteiger partial charge in [0.05, 0.1) is 46.4 Å². The van der Waals surface area contributed by atoms with Gasteiger partial charge in [-0.3, -0.25) is 9.80 Å². The van der Waals surface area contributed by atoms with E-state index in [0.717, 1.165) is 12.1 Å². The second-order valence-corrected chi connectivity index (χ2v) is 24.7. The van der Waals surface area contributed by atoms with Crippen LogP contribution in [0.4, 0.5) is 17.6 Å². The Morgan fingerprint density at radius 1 is 0.987 bits per heavy atom. The van der Waals surface area contributed by atoms with Crippen LogP contribution in [0.15, 0.2) is 41.1 Å². The molecular formula is C51H86F4IN5O14S. The minimum absolute atomic E-state index is 0.0847. The van der Waals surface area contributed by atoms with E-state index in [9.17, 15) is 51.2 Å². The maximum absolute atomic E-state index is 14.9. The molecule has 440 valence electrons. The zero-order chi connectivity index (χ0) is 57.5. The highest BCUT2D eigenvalue weighted by atomic mass is 127. The molecule has 76 heavy (non-hydrogen) atoms. The number of nitrogens with zero attached hydrogens (tertiary/aromatic N) is 3. The molecule has 0 saturated carbocycles. The largest absolute Gasteiger partial charge is 0.462 e. The first-order chi connectivity index (χ1) is 35.1. The number of cyclic esters (lactones) is 1. The van der Waals surface area contributed by atoms with E-state index in [1.807, 2.05) is 55.6 Å². The summed E-state index contributed by atoms with van der Waals surface area (Å²) in [4.78, 5) is 17.6. The number of hydrazine groups is 1. The van der Waals surface area contributed by atoms with Gasteiger partial charge in [0, 0.05) is 99.3 Å². The highest BCUT2D eigenvalue weighted by molar-refractivity contribution is 14.1. The number of alkyl halides is 4. The molecule has 3 aliphatic rings. The number of ether oxygens (including phenoxy) is 7. The van der Waals surface area contributed by atoms with Gasteiger partial charge in [0.15, 0.2) is 28.2 Å². The fraction of sp³-hybridized carbons (Fsp3) is 0.824. The molecule has 4 rings (SSSR count). The van der Waals surface area contributed by atoms with Gasteiger partial charge in [-0.05, 0) is 99.0 Å². The molecule has 7 N–H and O–H groups in total. The summed E-state index contributed by atoms with van der Waals surface area (Å²) in [6.07, 6.45) is -10.2. The third-order valence-corrected chi connectivity index (χ3v) is 17.7. The molecule has 0 radical (unpaired) electrons. The number of rotatable bonds is 18. The number of nitrogens with one attached hydrogen (secondary N) is 1. The number of aliphatic hydroxyl groups excluding tert-OH is 2. The zero-order valence-electron chi connectivity index (χ0n) is 46.2. The Morgan fingerprint density at radius 2 is 1.62 bits per heavy atom. The van der Waals surface area contributed by atoms with E-state index in [0.29, 0.717) is 43.6 Å². The predicted octanol–water partition coefficient (Wildman–Crippen LogP) is 4.93. The highest BCUT2D eigenvalue weighted by Gasteiger charge is 2.51. The molecule has 1 aromatic rings. The molecule has 19 nitrogen and oxygen atoms in total. The molecule has 0 amide bonds. The standard InChI is InChI=1S/C51H86F4IN5O14S/c1-29-22-48(7,65)46(31(3)42(74-41-23-50(9,70-13)45(63)34(6)73-41)32(4)47(64)71-27-49(8,66)44(62)33(5)60(11)25-29)75-40-21-37(20-30(2)72-40)59(10)19-18-36(57)26-61(58-56)39(24-52)43(69-12)35-14-16-38(17-15-35)76(67,68)28-51(53,54)55/h14-17,26,29-34,37,39-46,58,62-63,65-66H,18-25,27-28,57H2,1-13H3/b36-26-/t29-,30-,31+,32-,33-,34+,37+,39-,40+,41+,42+,43-,44-,45+,46-,48-,49-,50-/m1/s1. The minimum Gasteiger partial charge on any atom is -0.462 e. The first-order valence-electron chi connectivity index (χ1n) is 25.8. The summed E-state index contributed by atoms with van der Waals surface area (Å²) in [6.45, 7) is 14.9. The number of hydrogen-bond donors (Lipinski definition) is 6. The second kappa shape index (κ2) is 27.6. The molecule has 0 unspecified atom stereocenters. The Labute approximate surface area is 460 Å². The van der Waals surface area contributed by atoms with Crippen molar-refractivity contribution in [3.8, 4) is 0 Å². The number of esters is 1. The van der Waals surface area contributed by atoms with Crippen LogP contribution in [-0.4, -0.2) is 200 Å². The van der Waals surface area contributed by atoms with E-state index in [1.54, 1.807) is 41.7 Å². The van der Waals surface area contributed by atoms with E-state index in [1.165, 1.54) is 44.5 Å². The number of carbonyl (C=O) groups is 1. The summed E-state index contributed by atoms with van der Waals surface area (Å²) >= 11 is 1.81. The maximum Gasteiger partial charge on any atom is 0.403 e. The zero-order valence-corrected chi connectivity index (χ0v) is 49.2. The molecule has 18 atom stereocenters. The maximum atomic E-state index is 14.9. The molecular weight excluding hydrogens is 1140 g/mol. The van der Waals surface area contributed by atoms with E-state index in [-0.39, 0.29) is 30.9 Å². The Morgan fingerprint density at radius 3 is 2.18 bits per heavy atom. The number of sulfone groups is 1. The lowest BCUT2D eigenvalue weighted by atomic mass is 9.77. The fourth-order valence-electron chi connectivity index (χ4n) is 10.9. The number of likely N-dealkylation sites (N-methyl/N-ethyl adjacent to an activating group) is 1. The van der Waals surface area contributed by atoms with Crippen molar-refractivity contribution in [2.45, 2.75) is 196 Å². The molecule has 3 aliphatic heterocycles. The highest BCUT2D eigenvalue weighted by Crippen LogP contribution is 2.40. The Kier molecular flexibility index (Phi) is 24.1. The third kappa shape index (κ3) is 17.5. The molecule has 0 spiro atoms. The first-order valence-corrected chi connectivity index (χ1v) is 28.5. The molecule has 3 saturated heterocycles. The normalized spacial score (nSPS) is 37.2. The molecule has 0 bridgehead atoms. The topological polar surface area (TPSA) is 245 Å². The van der Waals surface area contributed by atoms with Crippen LogP contribution in [0, 0.1) is 17.8 Å². The number of methoxy groups -OCH3 is 2.